The average Bonchev–Trinajstić information content (AvgIpc) is 3.86. The SMILES string of the molecule is CN(C(=O)Cc1ccc(Cl)c(Cl)c1)[C@H](CN1CC[C@H](CCCN[C@H]2CCN(C[C@H](c3ccccc3)N(C)C(=O)Cc3ccc(Cl)c(Cl)c3)C2)C1)c1ccccc1. The number of likely N-dealkylation sites (tertiary alicyclic amines) is 2. The van der Waals surface area contributed by atoms with Crippen molar-refractivity contribution in [3.05, 3.63) is 139 Å². The summed E-state index contributed by atoms with van der Waals surface area (Å²) in [5.41, 5.74) is 3.99. The minimum atomic E-state index is -0.0579. The van der Waals surface area contributed by atoms with Crippen LogP contribution in [0.5, 0.6) is 0 Å². The number of benzene rings is 4. The number of carbonyl (C=O) groups is 2. The Morgan fingerprint density at radius 1 is 0.661 bits per heavy atom. The summed E-state index contributed by atoms with van der Waals surface area (Å²) in [6.45, 7) is 6.64. The molecule has 0 radical (unpaired) electrons. The summed E-state index contributed by atoms with van der Waals surface area (Å²) in [5, 5.41) is 5.75. The van der Waals surface area contributed by atoms with Gasteiger partial charge >= 0.3 is 0 Å². The van der Waals surface area contributed by atoms with Gasteiger partial charge in [0.1, 0.15) is 0 Å². The molecule has 2 aliphatic heterocycles. The standard InChI is InChI=1S/C45H53Cl4N5O2/c1-51(44(55)26-33-15-17-38(46)40(48)24-33)42(35-11-5-3-6-12-35)30-53-22-19-32(28-53)10-9-21-50-37-20-23-54(29-37)31-43(36-13-7-4-8-14-36)52(2)45(56)27-34-16-18-39(47)41(49)25-34/h3-8,11-18,24-25,32,37,42-43,50H,9-10,19-23,26-31H2,1-2H3/t32-,37-,42+,43+/m0/s1. The first-order valence-corrected chi connectivity index (χ1v) is 21.2. The zero-order valence-electron chi connectivity index (χ0n) is 32.4. The fourth-order valence-corrected chi connectivity index (χ4v) is 8.81. The smallest absolute Gasteiger partial charge is 0.227 e. The highest BCUT2D eigenvalue weighted by Gasteiger charge is 2.31. The van der Waals surface area contributed by atoms with Gasteiger partial charge in [-0.3, -0.25) is 14.5 Å². The molecule has 2 amide bonds. The first-order valence-electron chi connectivity index (χ1n) is 19.7. The molecule has 0 saturated carbocycles. The van der Waals surface area contributed by atoms with E-state index in [9.17, 15) is 9.59 Å². The average molecular weight is 838 g/mol. The largest absolute Gasteiger partial charge is 0.337 e. The van der Waals surface area contributed by atoms with Crippen molar-refractivity contribution in [2.24, 2.45) is 5.92 Å². The lowest BCUT2D eigenvalue weighted by molar-refractivity contribution is -0.132. The number of nitrogens with one attached hydrogen (secondary N) is 1. The number of rotatable bonds is 17. The first-order chi connectivity index (χ1) is 27.0. The number of likely N-dealkylation sites (N-methyl/N-ethyl adjacent to an activating group) is 2. The summed E-state index contributed by atoms with van der Waals surface area (Å²) < 4.78 is 0. The molecule has 0 aliphatic carbocycles. The van der Waals surface area contributed by atoms with Gasteiger partial charge in [-0.25, -0.2) is 0 Å². The molecule has 298 valence electrons. The van der Waals surface area contributed by atoms with E-state index in [-0.39, 0.29) is 36.7 Å². The Balaban J connectivity index is 0.952. The molecule has 56 heavy (non-hydrogen) atoms. The van der Waals surface area contributed by atoms with Gasteiger partial charge in [0.25, 0.3) is 0 Å². The van der Waals surface area contributed by atoms with Crippen LogP contribution in [-0.4, -0.2) is 97.4 Å². The topological polar surface area (TPSA) is 59.1 Å². The normalized spacial score (nSPS) is 18.5. The number of nitrogens with zero attached hydrogens (tertiary/aromatic N) is 4. The zero-order valence-corrected chi connectivity index (χ0v) is 35.4. The third kappa shape index (κ3) is 11.7. The van der Waals surface area contributed by atoms with Crippen molar-refractivity contribution in [2.45, 2.75) is 56.7 Å². The van der Waals surface area contributed by atoms with Crippen LogP contribution in [0.25, 0.3) is 0 Å². The molecule has 0 bridgehead atoms. The van der Waals surface area contributed by atoms with Crippen LogP contribution in [0.15, 0.2) is 97.1 Å². The van der Waals surface area contributed by atoms with E-state index in [4.69, 9.17) is 46.4 Å². The Kier molecular flexibility index (Phi) is 15.6. The number of amides is 2. The van der Waals surface area contributed by atoms with Crippen molar-refractivity contribution in [1.29, 1.82) is 0 Å². The van der Waals surface area contributed by atoms with Gasteiger partial charge < -0.3 is 20.0 Å². The molecular weight excluding hydrogens is 784 g/mol. The van der Waals surface area contributed by atoms with Crippen molar-refractivity contribution < 1.29 is 9.59 Å². The summed E-state index contributed by atoms with van der Waals surface area (Å²) in [4.78, 5) is 35.8. The monoisotopic (exact) mass is 835 g/mol. The summed E-state index contributed by atoms with van der Waals surface area (Å²) >= 11 is 24.7. The van der Waals surface area contributed by atoms with Gasteiger partial charge in [-0.1, -0.05) is 119 Å². The minimum Gasteiger partial charge on any atom is -0.337 e. The number of hydrogen-bond acceptors (Lipinski definition) is 5. The van der Waals surface area contributed by atoms with Gasteiger partial charge in [0.05, 0.1) is 45.0 Å². The molecule has 0 aromatic heterocycles. The Morgan fingerprint density at radius 3 is 1.64 bits per heavy atom. The Bertz CT molecular complexity index is 1760. The van der Waals surface area contributed by atoms with Crippen LogP contribution in [0.1, 0.15) is 60.0 Å². The molecule has 2 fully saturated rings. The zero-order chi connectivity index (χ0) is 39.6. The molecule has 4 aromatic rings. The molecule has 11 heteroatoms. The van der Waals surface area contributed by atoms with Crippen molar-refractivity contribution in [1.82, 2.24) is 24.9 Å². The highest BCUT2D eigenvalue weighted by atomic mass is 35.5. The Morgan fingerprint density at radius 2 is 1.14 bits per heavy atom. The van der Waals surface area contributed by atoms with Crippen LogP contribution < -0.4 is 5.32 Å². The third-order valence-electron chi connectivity index (χ3n) is 11.5. The van der Waals surface area contributed by atoms with E-state index in [1.54, 1.807) is 24.3 Å². The van der Waals surface area contributed by atoms with E-state index in [0.717, 1.165) is 80.9 Å². The molecule has 4 aromatic carbocycles. The minimum absolute atomic E-state index is 0.0424. The molecule has 2 aliphatic rings. The predicted octanol–water partition coefficient (Wildman–Crippen LogP) is 9.25. The molecular formula is C45H53Cl4N5O2. The van der Waals surface area contributed by atoms with Gasteiger partial charge in [0.2, 0.25) is 11.8 Å². The van der Waals surface area contributed by atoms with Gasteiger partial charge in [-0.2, -0.15) is 0 Å². The lowest BCUT2D eigenvalue weighted by Gasteiger charge is -2.32. The van der Waals surface area contributed by atoms with E-state index in [1.165, 1.54) is 12.8 Å². The number of halogens is 4. The number of carbonyl (C=O) groups excluding carboxylic acids is 2. The second-order valence-electron chi connectivity index (χ2n) is 15.5. The van der Waals surface area contributed by atoms with Crippen LogP contribution in [0.3, 0.4) is 0 Å². The van der Waals surface area contributed by atoms with E-state index < -0.39 is 0 Å². The lowest BCUT2D eigenvalue weighted by Crippen LogP contribution is -2.40. The molecule has 7 nitrogen and oxygen atoms in total. The van der Waals surface area contributed by atoms with Crippen LogP contribution in [0, 0.1) is 5.92 Å². The van der Waals surface area contributed by atoms with Crippen LogP contribution >= 0.6 is 46.4 Å². The van der Waals surface area contributed by atoms with Gasteiger partial charge in [0.15, 0.2) is 0 Å². The molecule has 0 spiro atoms. The molecule has 4 atom stereocenters. The maximum absolute atomic E-state index is 13.5. The third-order valence-corrected chi connectivity index (χ3v) is 13.0. The number of hydrogen-bond donors (Lipinski definition) is 1. The van der Waals surface area contributed by atoms with Gasteiger partial charge in [-0.15, -0.1) is 0 Å². The summed E-state index contributed by atoms with van der Waals surface area (Å²) in [6, 6.07) is 31.8. The predicted molar refractivity (Wildman–Crippen MR) is 231 cm³/mol. The highest BCUT2D eigenvalue weighted by molar-refractivity contribution is 6.42. The summed E-state index contributed by atoms with van der Waals surface area (Å²) in [5.74, 6) is 0.752. The maximum Gasteiger partial charge on any atom is 0.227 e. The highest BCUT2D eigenvalue weighted by Crippen LogP contribution is 2.29. The Hall–Kier alpha value is -3.14. The second kappa shape index (κ2) is 20.5. The molecule has 6 rings (SSSR count). The van der Waals surface area contributed by atoms with Gasteiger partial charge in [-0.05, 0) is 97.8 Å². The molecule has 2 heterocycles. The first kappa shape index (κ1) is 42.5. The molecule has 1 N–H and O–H groups in total. The van der Waals surface area contributed by atoms with E-state index in [2.05, 4.69) is 39.4 Å². The van der Waals surface area contributed by atoms with Crippen LogP contribution in [0.4, 0.5) is 0 Å². The summed E-state index contributed by atoms with van der Waals surface area (Å²) in [6.07, 6.45) is 5.14. The quantitative estimate of drug-likeness (QED) is 0.108. The Labute approximate surface area is 352 Å². The lowest BCUT2D eigenvalue weighted by atomic mass is 10.0. The van der Waals surface area contributed by atoms with Crippen molar-refractivity contribution in [3.63, 3.8) is 0 Å². The molecule has 2 saturated heterocycles. The second-order valence-corrected chi connectivity index (χ2v) is 17.1. The van der Waals surface area contributed by atoms with Crippen LogP contribution in [-0.2, 0) is 22.4 Å². The van der Waals surface area contributed by atoms with Crippen LogP contribution in [0.2, 0.25) is 20.1 Å². The van der Waals surface area contributed by atoms with Crippen molar-refractivity contribution in [3.8, 4) is 0 Å². The van der Waals surface area contributed by atoms with Gasteiger partial charge in [0, 0.05) is 46.3 Å². The van der Waals surface area contributed by atoms with E-state index in [1.807, 2.05) is 72.4 Å². The fourth-order valence-electron chi connectivity index (χ4n) is 8.16. The fraction of sp³-hybridized carbons (Fsp3) is 0.422. The summed E-state index contributed by atoms with van der Waals surface area (Å²) in [7, 11) is 3.83. The van der Waals surface area contributed by atoms with E-state index in [0.29, 0.717) is 32.1 Å². The van der Waals surface area contributed by atoms with Crippen molar-refractivity contribution >= 4 is 58.2 Å². The van der Waals surface area contributed by atoms with E-state index >= 15 is 0 Å². The van der Waals surface area contributed by atoms with Crippen molar-refractivity contribution in [2.75, 3.05) is 59.9 Å². The maximum atomic E-state index is 13.5. The molecule has 0 unspecified atom stereocenters.